The summed E-state index contributed by atoms with van der Waals surface area (Å²) in [6, 6.07) is 5.55. The van der Waals surface area contributed by atoms with Gasteiger partial charge in [-0.2, -0.15) is 0 Å². The van der Waals surface area contributed by atoms with Crippen LogP contribution < -0.4 is 4.90 Å². The van der Waals surface area contributed by atoms with Crippen molar-refractivity contribution in [1.82, 2.24) is 0 Å². The Morgan fingerprint density at radius 1 is 1.38 bits per heavy atom. The van der Waals surface area contributed by atoms with Crippen LogP contribution in [0.2, 0.25) is 5.02 Å². The van der Waals surface area contributed by atoms with E-state index in [1.165, 1.54) is 0 Å². The second kappa shape index (κ2) is 4.85. The minimum Gasteiger partial charge on any atom is -0.396 e. The minimum absolute atomic E-state index is 0.121. The predicted octanol–water partition coefficient (Wildman–Crippen LogP) is 2.00. The number of unbranched alkanes of at least 4 members (excludes halogenated alkanes) is 1. The number of anilines is 1. The number of carbonyl (C=O) groups is 1. The van der Waals surface area contributed by atoms with Gasteiger partial charge in [-0.25, -0.2) is 0 Å². The Hall–Kier alpha value is -1.06. The average Bonchev–Trinajstić information content (AvgIpc) is 2.56. The summed E-state index contributed by atoms with van der Waals surface area (Å²) in [6.45, 7) is 0.831. The van der Waals surface area contributed by atoms with E-state index in [1.807, 2.05) is 18.2 Å². The van der Waals surface area contributed by atoms with Crippen LogP contribution >= 0.6 is 11.6 Å². The van der Waals surface area contributed by atoms with Gasteiger partial charge < -0.3 is 10.0 Å². The number of aliphatic hydroxyl groups is 1. The Morgan fingerprint density at radius 3 is 2.94 bits per heavy atom. The molecule has 0 unspecified atom stereocenters. The summed E-state index contributed by atoms with van der Waals surface area (Å²) in [5.41, 5.74) is 1.97. The third-order valence-electron chi connectivity index (χ3n) is 2.77. The van der Waals surface area contributed by atoms with E-state index in [4.69, 9.17) is 16.7 Å². The number of amides is 1. The van der Waals surface area contributed by atoms with Crippen molar-refractivity contribution in [3.8, 4) is 0 Å². The zero-order valence-corrected chi connectivity index (χ0v) is 9.70. The van der Waals surface area contributed by atoms with Crippen molar-refractivity contribution in [2.24, 2.45) is 0 Å². The summed E-state index contributed by atoms with van der Waals surface area (Å²) in [5, 5.41) is 9.37. The lowest BCUT2D eigenvalue weighted by molar-refractivity contribution is -0.117. The first kappa shape index (κ1) is 11.4. The van der Waals surface area contributed by atoms with Gasteiger partial charge in [0, 0.05) is 23.9 Å². The number of fused-ring (bicyclic) bond motifs is 1. The van der Waals surface area contributed by atoms with Crippen LogP contribution in [0.1, 0.15) is 18.4 Å². The van der Waals surface area contributed by atoms with Gasteiger partial charge in [0.15, 0.2) is 0 Å². The highest BCUT2D eigenvalue weighted by molar-refractivity contribution is 6.31. The van der Waals surface area contributed by atoms with Crippen LogP contribution in [0, 0.1) is 0 Å². The van der Waals surface area contributed by atoms with Crippen LogP contribution in [0.25, 0.3) is 0 Å². The second-order valence-electron chi connectivity index (χ2n) is 3.93. The lowest BCUT2D eigenvalue weighted by Crippen LogP contribution is -2.27. The topological polar surface area (TPSA) is 40.5 Å². The van der Waals surface area contributed by atoms with E-state index in [0.717, 1.165) is 24.1 Å². The highest BCUT2D eigenvalue weighted by atomic mass is 35.5. The lowest BCUT2D eigenvalue weighted by atomic mass is 10.2. The summed E-state index contributed by atoms with van der Waals surface area (Å²) >= 11 is 5.92. The molecule has 1 aliphatic rings. The first-order valence-electron chi connectivity index (χ1n) is 5.42. The standard InChI is InChI=1S/C12H14ClNO2/c13-10-4-3-9-7-12(16)14(11(9)8-10)5-1-2-6-15/h3-4,8,15H,1-2,5-7H2. The number of rotatable bonds is 4. The molecule has 3 nitrogen and oxygen atoms in total. The largest absolute Gasteiger partial charge is 0.396 e. The Morgan fingerprint density at radius 2 is 2.19 bits per heavy atom. The van der Waals surface area contributed by atoms with Gasteiger partial charge in [0.05, 0.1) is 6.42 Å². The number of aliphatic hydroxyl groups excluding tert-OH is 1. The normalized spacial score (nSPS) is 14.4. The quantitative estimate of drug-likeness (QED) is 0.817. The Labute approximate surface area is 99.6 Å². The maximum absolute atomic E-state index is 11.8. The van der Waals surface area contributed by atoms with Crippen LogP contribution in [-0.4, -0.2) is 24.2 Å². The number of benzene rings is 1. The van der Waals surface area contributed by atoms with Crippen molar-refractivity contribution in [2.75, 3.05) is 18.1 Å². The lowest BCUT2D eigenvalue weighted by Gasteiger charge is -2.17. The zero-order valence-electron chi connectivity index (χ0n) is 8.95. The van der Waals surface area contributed by atoms with Gasteiger partial charge in [0.25, 0.3) is 0 Å². The smallest absolute Gasteiger partial charge is 0.231 e. The van der Waals surface area contributed by atoms with Crippen LogP contribution in [0.15, 0.2) is 18.2 Å². The van der Waals surface area contributed by atoms with Crippen LogP contribution in [-0.2, 0) is 11.2 Å². The van der Waals surface area contributed by atoms with Crippen LogP contribution in [0.4, 0.5) is 5.69 Å². The molecule has 0 aromatic heterocycles. The molecule has 1 aromatic rings. The molecule has 0 atom stereocenters. The van der Waals surface area contributed by atoms with Gasteiger partial charge in [-0.15, -0.1) is 0 Å². The van der Waals surface area contributed by atoms with E-state index in [0.29, 0.717) is 18.0 Å². The minimum atomic E-state index is 0.121. The zero-order chi connectivity index (χ0) is 11.5. The van der Waals surface area contributed by atoms with Crippen LogP contribution in [0.3, 0.4) is 0 Å². The maximum atomic E-state index is 11.8. The number of hydrogen-bond donors (Lipinski definition) is 1. The molecule has 4 heteroatoms. The fraction of sp³-hybridized carbons (Fsp3) is 0.417. The van der Waals surface area contributed by atoms with Crippen molar-refractivity contribution < 1.29 is 9.90 Å². The fourth-order valence-corrected chi connectivity index (χ4v) is 2.12. The van der Waals surface area contributed by atoms with Crippen molar-refractivity contribution in [3.05, 3.63) is 28.8 Å². The van der Waals surface area contributed by atoms with Gasteiger partial charge in [0.2, 0.25) is 5.91 Å². The number of nitrogens with zero attached hydrogens (tertiary/aromatic N) is 1. The Balaban J connectivity index is 2.15. The molecule has 0 aliphatic carbocycles. The van der Waals surface area contributed by atoms with Gasteiger partial charge in [-0.05, 0) is 30.5 Å². The molecule has 86 valence electrons. The van der Waals surface area contributed by atoms with E-state index in [9.17, 15) is 4.79 Å². The first-order valence-corrected chi connectivity index (χ1v) is 5.80. The molecule has 1 aromatic carbocycles. The average molecular weight is 240 g/mol. The van der Waals surface area contributed by atoms with Gasteiger partial charge in [-0.3, -0.25) is 4.79 Å². The fourth-order valence-electron chi connectivity index (χ4n) is 1.96. The van der Waals surface area contributed by atoms with Gasteiger partial charge >= 0.3 is 0 Å². The highest BCUT2D eigenvalue weighted by Gasteiger charge is 2.26. The summed E-state index contributed by atoms with van der Waals surface area (Å²) < 4.78 is 0. The Bertz CT molecular complexity index is 406. The number of halogens is 1. The van der Waals surface area contributed by atoms with E-state index < -0.39 is 0 Å². The molecule has 1 amide bonds. The Kier molecular flexibility index (Phi) is 3.46. The van der Waals surface area contributed by atoms with Gasteiger partial charge in [-0.1, -0.05) is 17.7 Å². The van der Waals surface area contributed by atoms with E-state index in [2.05, 4.69) is 0 Å². The summed E-state index contributed by atoms with van der Waals surface area (Å²) in [7, 11) is 0. The second-order valence-corrected chi connectivity index (χ2v) is 4.36. The monoisotopic (exact) mass is 239 g/mol. The molecule has 0 spiro atoms. The van der Waals surface area contributed by atoms with Crippen molar-refractivity contribution in [1.29, 1.82) is 0 Å². The van der Waals surface area contributed by atoms with E-state index in [-0.39, 0.29) is 12.5 Å². The molecule has 0 bridgehead atoms. The number of carbonyl (C=O) groups excluding carboxylic acids is 1. The van der Waals surface area contributed by atoms with E-state index in [1.54, 1.807) is 4.90 Å². The van der Waals surface area contributed by atoms with Gasteiger partial charge in [0.1, 0.15) is 0 Å². The van der Waals surface area contributed by atoms with Crippen molar-refractivity contribution in [3.63, 3.8) is 0 Å². The highest BCUT2D eigenvalue weighted by Crippen LogP contribution is 2.31. The molecular formula is C12H14ClNO2. The third kappa shape index (κ3) is 2.20. The predicted molar refractivity (Wildman–Crippen MR) is 63.8 cm³/mol. The van der Waals surface area contributed by atoms with Crippen molar-refractivity contribution in [2.45, 2.75) is 19.3 Å². The molecule has 16 heavy (non-hydrogen) atoms. The summed E-state index contributed by atoms with van der Waals surface area (Å²) in [4.78, 5) is 13.5. The van der Waals surface area contributed by atoms with Crippen molar-refractivity contribution >= 4 is 23.2 Å². The summed E-state index contributed by atoms with van der Waals surface area (Å²) in [5.74, 6) is 0.121. The first-order chi connectivity index (χ1) is 7.72. The molecule has 0 radical (unpaired) electrons. The van der Waals surface area contributed by atoms with E-state index >= 15 is 0 Å². The maximum Gasteiger partial charge on any atom is 0.231 e. The molecular weight excluding hydrogens is 226 g/mol. The molecule has 0 fully saturated rings. The summed E-state index contributed by atoms with van der Waals surface area (Å²) in [6.07, 6.45) is 2.00. The molecule has 1 heterocycles. The third-order valence-corrected chi connectivity index (χ3v) is 3.01. The van der Waals surface area contributed by atoms with Crippen LogP contribution in [0.5, 0.6) is 0 Å². The molecule has 0 saturated heterocycles. The number of hydrogen-bond acceptors (Lipinski definition) is 2. The molecule has 1 N–H and O–H groups in total. The SMILES string of the molecule is O=C1Cc2ccc(Cl)cc2N1CCCCO. The molecule has 2 rings (SSSR count). The molecule has 1 aliphatic heterocycles. The molecule has 0 saturated carbocycles.